The van der Waals surface area contributed by atoms with E-state index >= 15 is 0 Å². The lowest BCUT2D eigenvalue weighted by Crippen LogP contribution is -2.28. The lowest BCUT2D eigenvalue weighted by molar-refractivity contribution is -0.122. The van der Waals surface area contributed by atoms with Crippen LogP contribution in [0.1, 0.15) is 13.3 Å². The minimum absolute atomic E-state index is 0.126. The van der Waals surface area contributed by atoms with E-state index in [1.807, 2.05) is 0 Å². The van der Waals surface area contributed by atoms with Crippen LogP contribution in [0.2, 0.25) is 5.02 Å². The summed E-state index contributed by atoms with van der Waals surface area (Å²) < 4.78 is 0. The van der Waals surface area contributed by atoms with Gasteiger partial charge in [-0.2, -0.15) is 0 Å². The molecule has 3 rings (SSSR count). The van der Waals surface area contributed by atoms with Crippen molar-refractivity contribution in [2.45, 2.75) is 13.3 Å². The van der Waals surface area contributed by atoms with Crippen LogP contribution in [0.25, 0.3) is 0 Å². The van der Waals surface area contributed by atoms with Crippen LogP contribution in [0.4, 0.5) is 17.1 Å². The van der Waals surface area contributed by atoms with Crippen LogP contribution in [-0.2, 0) is 14.4 Å². The van der Waals surface area contributed by atoms with E-state index in [1.165, 1.54) is 6.92 Å². The standard InChI is InChI=1S/C19H18ClN3O3/c1-12(24)21-14-5-4-6-15(10-14)23-11-13(9-18(23)25)19(26)22-17-8-3-2-7-16(17)20/h2-8,10,13H,9,11H2,1H3,(H,21,24)(H,22,26)/t13-/m0/s1. The Labute approximate surface area is 156 Å². The fourth-order valence-corrected chi connectivity index (χ4v) is 3.07. The van der Waals surface area contributed by atoms with E-state index < -0.39 is 5.92 Å². The molecule has 0 radical (unpaired) electrons. The van der Waals surface area contributed by atoms with Gasteiger partial charge in [-0.25, -0.2) is 0 Å². The van der Waals surface area contributed by atoms with E-state index in [0.29, 0.717) is 22.1 Å². The van der Waals surface area contributed by atoms with Crippen molar-refractivity contribution in [3.63, 3.8) is 0 Å². The number of hydrogen-bond acceptors (Lipinski definition) is 3. The summed E-state index contributed by atoms with van der Waals surface area (Å²) in [5, 5.41) is 5.91. The first kappa shape index (κ1) is 17.9. The molecule has 0 aliphatic carbocycles. The van der Waals surface area contributed by atoms with Crippen LogP contribution in [-0.4, -0.2) is 24.3 Å². The highest BCUT2D eigenvalue weighted by Gasteiger charge is 2.35. The van der Waals surface area contributed by atoms with Crippen molar-refractivity contribution < 1.29 is 14.4 Å². The molecule has 1 aliphatic rings. The summed E-state index contributed by atoms with van der Waals surface area (Å²) >= 11 is 6.06. The van der Waals surface area contributed by atoms with E-state index in [-0.39, 0.29) is 30.7 Å². The lowest BCUT2D eigenvalue weighted by atomic mass is 10.1. The summed E-state index contributed by atoms with van der Waals surface area (Å²) in [7, 11) is 0. The molecule has 134 valence electrons. The molecule has 1 fully saturated rings. The quantitative estimate of drug-likeness (QED) is 0.865. The number of nitrogens with zero attached hydrogens (tertiary/aromatic N) is 1. The number of amides is 3. The van der Waals surface area contributed by atoms with Crippen LogP contribution in [0.15, 0.2) is 48.5 Å². The predicted molar refractivity (Wildman–Crippen MR) is 101 cm³/mol. The first-order valence-corrected chi connectivity index (χ1v) is 8.55. The molecule has 0 saturated carbocycles. The second-order valence-corrected chi connectivity index (χ2v) is 6.51. The SMILES string of the molecule is CC(=O)Nc1cccc(N2C[C@@H](C(=O)Nc3ccccc3Cl)CC2=O)c1. The molecule has 0 spiro atoms. The van der Waals surface area contributed by atoms with Crippen molar-refractivity contribution >= 4 is 46.4 Å². The highest BCUT2D eigenvalue weighted by Crippen LogP contribution is 2.29. The normalized spacial score (nSPS) is 16.5. The topological polar surface area (TPSA) is 78.5 Å². The Hall–Kier alpha value is -2.86. The van der Waals surface area contributed by atoms with Crippen LogP contribution in [0, 0.1) is 5.92 Å². The minimum atomic E-state index is -0.469. The third-order valence-corrected chi connectivity index (χ3v) is 4.44. The first-order valence-electron chi connectivity index (χ1n) is 8.17. The summed E-state index contributed by atoms with van der Waals surface area (Å²) in [5.74, 6) is -1.04. The largest absolute Gasteiger partial charge is 0.326 e. The van der Waals surface area contributed by atoms with Crippen molar-refractivity contribution in [2.24, 2.45) is 5.92 Å². The van der Waals surface area contributed by atoms with Gasteiger partial charge in [0.05, 0.1) is 16.6 Å². The second-order valence-electron chi connectivity index (χ2n) is 6.11. The lowest BCUT2D eigenvalue weighted by Gasteiger charge is -2.18. The summed E-state index contributed by atoms with van der Waals surface area (Å²) in [6.07, 6.45) is 0.126. The molecule has 1 saturated heterocycles. The molecule has 2 aromatic carbocycles. The number of hydrogen-bond donors (Lipinski definition) is 2. The maximum absolute atomic E-state index is 12.5. The third-order valence-electron chi connectivity index (χ3n) is 4.11. The number of halogens is 1. The minimum Gasteiger partial charge on any atom is -0.326 e. The van der Waals surface area contributed by atoms with E-state index in [0.717, 1.165) is 0 Å². The average Bonchev–Trinajstić information content (AvgIpc) is 2.98. The zero-order valence-electron chi connectivity index (χ0n) is 14.2. The van der Waals surface area contributed by atoms with Gasteiger partial charge in [-0.1, -0.05) is 29.8 Å². The summed E-state index contributed by atoms with van der Waals surface area (Å²) in [5.41, 5.74) is 1.78. The molecule has 2 N–H and O–H groups in total. The molecular formula is C19H18ClN3O3. The van der Waals surface area contributed by atoms with E-state index in [9.17, 15) is 14.4 Å². The molecule has 0 bridgehead atoms. The first-order chi connectivity index (χ1) is 12.4. The number of anilines is 3. The number of nitrogens with one attached hydrogen (secondary N) is 2. The monoisotopic (exact) mass is 371 g/mol. The number of carbonyl (C=O) groups is 3. The van der Waals surface area contributed by atoms with Gasteiger partial charge in [0.1, 0.15) is 0 Å². The van der Waals surface area contributed by atoms with Crippen LogP contribution in [0.5, 0.6) is 0 Å². The zero-order chi connectivity index (χ0) is 18.7. The third kappa shape index (κ3) is 4.03. The molecule has 6 nitrogen and oxygen atoms in total. The van der Waals surface area contributed by atoms with Crippen molar-refractivity contribution in [3.05, 3.63) is 53.6 Å². The second kappa shape index (κ2) is 7.58. The van der Waals surface area contributed by atoms with Crippen molar-refractivity contribution in [1.82, 2.24) is 0 Å². The molecule has 3 amide bonds. The highest BCUT2D eigenvalue weighted by molar-refractivity contribution is 6.33. The molecule has 7 heteroatoms. The van der Waals surface area contributed by atoms with E-state index in [2.05, 4.69) is 10.6 Å². The Bertz CT molecular complexity index is 869. The Balaban J connectivity index is 1.71. The maximum atomic E-state index is 12.5. The number of benzene rings is 2. The van der Waals surface area contributed by atoms with Gasteiger partial charge in [0.2, 0.25) is 17.7 Å². The smallest absolute Gasteiger partial charge is 0.229 e. The van der Waals surface area contributed by atoms with Crippen LogP contribution < -0.4 is 15.5 Å². The van der Waals surface area contributed by atoms with Crippen molar-refractivity contribution in [1.29, 1.82) is 0 Å². The van der Waals surface area contributed by atoms with Gasteiger partial charge in [0.15, 0.2) is 0 Å². The highest BCUT2D eigenvalue weighted by atomic mass is 35.5. The van der Waals surface area contributed by atoms with Gasteiger partial charge in [0, 0.05) is 31.3 Å². The van der Waals surface area contributed by atoms with Gasteiger partial charge in [-0.3, -0.25) is 14.4 Å². The Morgan fingerprint density at radius 2 is 1.88 bits per heavy atom. The van der Waals surface area contributed by atoms with Gasteiger partial charge >= 0.3 is 0 Å². The van der Waals surface area contributed by atoms with Crippen LogP contribution >= 0.6 is 11.6 Å². The molecule has 1 atom stereocenters. The van der Waals surface area contributed by atoms with Crippen molar-refractivity contribution in [2.75, 3.05) is 22.1 Å². The van der Waals surface area contributed by atoms with Crippen molar-refractivity contribution in [3.8, 4) is 0 Å². The maximum Gasteiger partial charge on any atom is 0.229 e. The number of carbonyl (C=O) groups excluding carboxylic acids is 3. The molecule has 26 heavy (non-hydrogen) atoms. The Kier molecular flexibility index (Phi) is 5.23. The fraction of sp³-hybridized carbons (Fsp3) is 0.211. The van der Waals surface area contributed by atoms with Gasteiger partial charge in [0.25, 0.3) is 0 Å². The van der Waals surface area contributed by atoms with Gasteiger partial charge < -0.3 is 15.5 Å². The Morgan fingerprint density at radius 1 is 1.12 bits per heavy atom. The summed E-state index contributed by atoms with van der Waals surface area (Å²) in [6.45, 7) is 1.70. The van der Waals surface area contributed by atoms with E-state index in [1.54, 1.807) is 53.4 Å². The zero-order valence-corrected chi connectivity index (χ0v) is 14.9. The van der Waals surface area contributed by atoms with Gasteiger partial charge in [-0.15, -0.1) is 0 Å². The number of rotatable bonds is 4. The fourth-order valence-electron chi connectivity index (χ4n) is 2.88. The summed E-state index contributed by atoms with van der Waals surface area (Å²) in [4.78, 5) is 37.6. The number of para-hydroxylation sites is 1. The Morgan fingerprint density at radius 3 is 2.62 bits per heavy atom. The molecule has 1 heterocycles. The molecule has 2 aromatic rings. The molecular weight excluding hydrogens is 354 g/mol. The average molecular weight is 372 g/mol. The molecule has 0 aromatic heterocycles. The van der Waals surface area contributed by atoms with Crippen LogP contribution in [0.3, 0.4) is 0 Å². The van der Waals surface area contributed by atoms with E-state index in [4.69, 9.17) is 11.6 Å². The summed E-state index contributed by atoms with van der Waals surface area (Å²) in [6, 6.07) is 14.0. The van der Waals surface area contributed by atoms with Gasteiger partial charge in [-0.05, 0) is 30.3 Å². The predicted octanol–water partition coefficient (Wildman–Crippen LogP) is 3.29. The molecule has 1 aliphatic heterocycles. The molecule has 0 unspecified atom stereocenters.